The summed E-state index contributed by atoms with van der Waals surface area (Å²) in [5.74, 6) is 1.82. The summed E-state index contributed by atoms with van der Waals surface area (Å²) in [5, 5.41) is 0.582. The molecule has 4 nitrogen and oxygen atoms in total. The van der Waals surface area contributed by atoms with E-state index >= 15 is 0 Å². The maximum Gasteiger partial charge on any atom is 0.137 e. The van der Waals surface area contributed by atoms with Crippen LogP contribution in [0.3, 0.4) is 0 Å². The molecule has 0 bridgehead atoms. The molecule has 0 radical (unpaired) electrons. The normalized spacial score (nSPS) is 11.2. The Morgan fingerprint density at radius 3 is 2.14 bits per heavy atom. The largest absolute Gasteiger partial charge is 0.356 e. The SMILES string of the molecule is CCc1nc(Cl)c(C)c(N(CC)CCCN(CC)CC)n1. The van der Waals surface area contributed by atoms with Crippen LogP contribution in [-0.4, -0.2) is 47.6 Å². The molecule has 0 amide bonds. The molecule has 0 aromatic carbocycles. The van der Waals surface area contributed by atoms with Crippen molar-refractivity contribution in [2.24, 2.45) is 0 Å². The molecule has 0 saturated heterocycles. The van der Waals surface area contributed by atoms with Gasteiger partial charge in [0.2, 0.25) is 0 Å². The first-order chi connectivity index (χ1) is 10.1. The van der Waals surface area contributed by atoms with Crippen LogP contribution in [0, 0.1) is 6.92 Å². The number of halogens is 1. The molecule has 0 saturated carbocycles. The average molecular weight is 313 g/mol. The van der Waals surface area contributed by atoms with Crippen LogP contribution in [0.2, 0.25) is 5.15 Å². The summed E-state index contributed by atoms with van der Waals surface area (Å²) < 4.78 is 0. The molecule has 1 aromatic rings. The van der Waals surface area contributed by atoms with E-state index in [9.17, 15) is 0 Å². The molecule has 0 N–H and O–H groups in total. The molecular weight excluding hydrogens is 284 g/mol. The van der Waals surface area contributed by atoms with E-state index in [2.05, 4.69) is 47.5 Å². The Labute approximate surface area is 134 Å². The van der Waals surface area contributed by atoms with Gasteiger partial charge in [0.05, 0.1) is 0 Å². The molecule has 21 heavy (non-hydrogen) atoms. The summed E-state index contributed by atoms with van der Waals surface area (Å²) in [4.78, 5) is 13.8. The van der Waals surface area contributed by atoms with Crippen molar-refractivity contribution in [2.75, 3.05) is 37.6 Å². The van der Waals surface area contributed by atoms with Gasteiger partial charge in [-0.05, 0) is 39.9 Å². The lowest BCUT2D eigenvalue weighted by Gasteiger charge is -2.26. The van der Waals surface area contributed by atoms with Crippen LogP contribution < -0.4 is 4.90 Å². The second-order valence-corrected chi connectivity index (χ2v) is 5.55. The molecule has 0 aliphatic rings. The molecule has 0 atom stereocenters. The lowest BCUT2D eigenvalue weighted by Crippen LogP contribution is -2.31. The lowest BCUT2D eigenvalue weighted by atomic mass is 10.2. The number of aromatic nitrogens is 2. The topological polar surface area (TPSA) is 32.3 Å². The maximum atomic E-state index is 6.24. The Morgan fingerprint density at radius 1 is 0.952 bits per heavy atom. The third kappa shape index (κ3) is 5.11. The first kappa shape index (κ1) is 18.2. The molecule has 1 aromatic heterocycles. The van der Waals surface area contributed by atoms with Crippen LogP contribution in [-0.2, 0) is 6.42 Å². The molecule has 0 unspecified atom stereocenters. The van der Waals surface area contributed by atoms with Crippen LogP contribution in [0.15, 0.2) is 0 Å². The fourth-order valence-corrected chi connectivity index (χ4v) is 2.61. The second kappa shape index (κ2) is 9.21. The zero-order valence-electron chi connectivity index (χ0n) is 14.1. The zero-order valence-corrected chi connectivity index (χ0v) is 14.9. The molecular formula is C16H29ClN4. The van der Waals surface area contributed by atoms with Gasteiger partial charge in [-0.15, -0.1) is 0 Å². The minimum absolute atomic E-state index is 0.582. The summed E-state index contributed by atoms with van der Waals surface area (Å²) in [6.45, 7) is 15.9. The van der Waals surface area contributed by atoms with E-state index in [4.69, 9.17) is 11.6 Å². The molecule has 5 heteroatoms. The van der Waals surface area contributed by atoms with Gasteiger partial charge in [-0.2, -0.15) is 0 Å². The minimum atomic E-state index is 0.582. The van der Waals surface area contributed by atoms with Crippen molar-refractivity contribution in [1.82, 2.24) is 14.9 Å². The summed E-state index contributed by atoms with van der Waals surface area (Å²) >= 11 is 6.24. The zero-order chi connectivity index (χ0) is 15.8. The van der Waals surface area contributed by atoms with E-state index in [0.717, 1.165) is 62.8 Å². The number of rotatable bonds is 9. The van der Waals surface area contributed by atoms with Crippen molar-refractivity contribution in [3.8, 4) is 0 Å². The Hall–Kier alpha value is -0.870. The van der Waals surface area contributed by atoms with Gasteiger partial charge >= 0.3 is 0 Å². The molecule has 0 aliphatic heterocycles. The number of aryl methyl sites for hydroxylation is 1. The highest BCUT2D eigenvalue weighted by Gasteiger charge is 2.14. The molecule has 1 rings (SSSR count). The summed E-state index contributed by atoms with van der Waals surface area (Å²) in [6, 6.07) is 0. The van der Waals surface area contributed by atoms with Crippen molar-refractivity contribution in [1.29, 1.82) is 0 Å². The van der Waals surface area contributed by atoms with Crippen LogP contribution in [0.1, 0.15) is 45.5 Å². The number of nitrogens with zero attached hydrogens (tertiary/aromatic N) is 4. The Bertz CT molecular complexity index is 433. The average Bonchev–Trinajstić information content (AvgIpc) is 2.50. The standard InChI is InChI=1S/C16H29ClN4/c1-6-14-18-15(17)13(5)16(19-14)21(9-4)12-10-11-20(7-2)8-3/h6-12H2,1-5H3. The van der Waals surface area contributed by atoms with E-state index in [1.54, 1.807) is 0 Å². The molecule has 0 fully saturated rings. The Kier molecular flexibility index (Phi) is 7.97. The van der Waals surface area contributed by atoms with Crippen LogP contribution in [0.4, 0.5) is 5.82 Å². The lowest BCUT2D eigenvalue weighted by molar-refractivity contribution is 0.300. The van der Waals surface area contributed by atoms with Gasteiger partial charge < -0.3 is 9.80 Å². The van der Waals surface area contributed by atoms with E-state index in [0.29, 0.717) is 5.15 Å². The van der Waals surface area contributed by atoms with Crippen molar-refractivity contribution >= 4 is 17.4 Å². The van der Waals surface area contributed by atoms with Gasteiger partial charge in [-0.3, -0.25) is 0 Å². The van der Waals surface area contributed by atoms with Crippen LogP contribution in [0.5, 0.6) is 0 Å². The summed E-state index contributed by atoms with van der Waals surface area (Å²) in [7, 11) is 0. The fraction of sp³-hybridized carbons (Fsp3) is 0.750. The predicted octanol–water partition coefficient (Wildman–Crippen LogP) is 3.56. The van der Waals surface area contributed by atoms with Crippen LogP contribution >= 0.6 is 11.6 Å². The monoisotopic (exact) mass is 312 g/mol. The highest BCUT2D eigenvalue weighted by atomic mass is 35.5. The number of hydrogen-bond donors (Lipinski definition) is 0. The maximum absolute atomic E-state index is 6.24. The molecule has 0 aliphatic carbocycles. The van der Waals surface area contributed by atoms with Crippen molar-refractivity contribution in [3.63, 3.8) is 0 Å². The highest BCUT2D eigenvalue weighted by Crippen LogP contribution is 2.23. The van der Waals surface area contributed by atoms with E-state index in [1.807, 2.05) is 6.92 Å². The van der Waals surface area contributed by atoms with Crippen LogP contribution in [0.25, 0.3) is 0 Å². The first-order valence-electron chi connectivity index (χ1n) is 8.07. The van der Waals surface area contributed by atoms with Crippen molar-refractivity contribution in [2.45, 2.75) is 47.5 Å². The molecule has 0 spiro atoms. The summed E-state index contributed by atoms with van der Waals surface area (Å²) in [5.41, 5.74) is 0.985. The highest BCUT2D eigenvalue weighted by molar-refractivity contribution is 6.30. The minimum Gasteiger partial charge on any atom is -0.356 e. The number of hydrogen-bond acceptors (Lipinski definition) is 4. The van der Waals surface area contributed by atoms with E-state index < -0.39 is 0 Å². The van der Waals surface area contributed by atoms with Crippen molar-refractivity contribution < 1.29 is 0 Å². The van der Waals surface area contributed by atoms with E-state index in [-0.39, 0.29) is 0 Å². The second-order valence-electron chi connectivity index (χ2n) is 5.19. The number of anilines is 1. The molecule has 120 valence electrons. The molecule has 1 heterocycles. The first-order valence-corrected chi connectivity index (χ1v) is 8.45. The summed E-state index contributed by atoms with van der Waals surface area (Å²) in [6.07, 6.45) is 1.95. The van der Waals surface area contributed by atoms with Gasteiger partial charge in [-0.1, -0.05) is 32.4 Å². The van der Waals surface area contributed by atoms with Gasteiger partial charge in [-0.25, -0.2) is 9.97 Å². The smallest absolute Gasteiger partial charge is 0.137 e. The fourth-order valence-electron chi connectivity index (χ4n) is 2.43. The van der Waals surface area contributed by atoms with Gasteiger partial charge in [0.1, 0.15) is 16.8 Å². The Morgan fingerprint density at radius 2 is 1.62 bits per heavy atom. The van der Waals surface area contributed by atoms with Gasteiger partial charge in [0, 0.05) is 25.1 Å². The predicted molar refractivity (Wildman–Crippen MR) is 91.4 cm³/mol. The third-order valence-electron chi connectivity index (χ3n) is 3.90. The van der Waals surface area contributed by atoms with Crippen molar-refractivity contribution in [3.05, 3.63) is 16.5 Å². The van der Waals surface area contributed by atoms with Gasteiger partial charge in [0.25, 0.3) is 0 Å². The third-order valence-corrected chi connectivity index (χ3v) is 4.27. The van der Waals surface area contributed by atoms with Gasteiger partial charge in [0.15, 0.2) is 0 Å². The quantitative estimate of drug-likeness (QED) is 0.653. The van der Waals surface area contributed by atoms with E-state index in [1.165, 1.54) is 0 Å². The Balaban J connectivity index is 2.78.